The van der Waals surface area contributed by atoms with Crippen LogP contribution < -0.4 is 10.1 Å². The number of benzene rings is 3. The van der Waals surface area contributed by atoms with Gasteiger partial charge in [-0.05, 0) is 54.1 Å². The van der Waals surface area contributed by atoms with E-state index >= 15 is 0 Å². The molecule has 2 aliphatic rings. The summed E-state index contributed by atoms with van der Waals surface area (Å²) in [6.07, 6.45) is 0. The predicted octanol–water partition coefficient (Wildman–Crippen LogP) is 3.77. The molecule has 35 heavy (non-hydrogen) atoms. The summed E-state index contributed by atoms with van der Waals surface area (Å²) in [5.74, 6) is 7.33. The zero-order valence-electron chi connectivity index (χ0n) is 19.7. The Labute approximate surface area is 206 Å². The summed E-state index contributed by atoms with van der Waals surface area (Å²) < 4.78 is 5.18. The third-order valence-electron chi connectivity index (χ3n) is 6.95. The second-order valence-corrected chi connectivity index (χ2v) is 8.92. The van der Waals surface area contributed by atoms with Gasteiger partial charge in [0.05, 0.1) is 13.7 Å². The zero-order valence-corrected chi connectivity index (χ0v) is 19.7. The van der Waals surface area contributed by atoms with Crippen molar-refractivity contribution in [3.05, 3.63) is 95.6 Å². The van der Waals surface area contributed by atoms with E-state index in [1.165, 1.54) is 5.56 Å². The third kappa shape index (κ3) is 4.88. The van der Waals surface area contributed by atoms with Crippen LogP contribution in [0.1, 0.15) is 22.6 Å². The first-order valence-electron chi connectivity index (χ1n) is 11.9. The lowest BCUT2D eigenvalue weighted by Gasteiger charge is -2.59. The molecule has 2 amide bonds. The molecule has 2 N–H and O–H groups in total. The molecular weight excluding hydrogens is 438 g/mol. The maximum atomic E-state index is 12.9. The Morgan fingerprint density at radius 2 is 1.66 bits per heavy atom. The van der Waals surface area contributed by atoms with Gasteiger partial charge in [0.2, 0.25) is 0 Å². The first-order valence-corrected chi connectivity index (χ1v) is 11.9. The summed E-state index contributed by atoms with van der Waals surface area (Å²) in [5.41, 5.74) is 3.86. The molecule has 0 aliphatic carbocycles. The van der Waals surface area contributed by atoms with Crippen LogP contribution >= 0.6 is 0 Å². The molecule has 2 fully saturated rings. The molecule has 3 aromatic rings. The van der Waals surface area contributed by atoms with E-state index in [0.29, 0.717) is 13.1 Å². The van der Waals surface area contributed by atoms with Crippen molar-refractivity contribution < 1.29 is 14.6 Å². The number of nitrogens with one attached hydrogen (secondary N) is 1. The van der Waals surface area contributed by atoms with Crippen molar-refractivity contribution in [2.75, 3.05) is 38.7 Å². The molecule has 0 aromatic heterocycles. The molecule has 3 atom stereocenters. The normalized spacial score (nSPS) is 21.2. The van der Waals surface area contributed by atoms with Gasteiger partial charge in [0.1, 0.15) is 5.75 Å². The van der Waals surface area contributed by atoms with Gasteiger partial charge >= 0.3 is 6.03 Å². The number of aliphatic hydroxyl groups excluding tert-OH is 1. The van der Waals surface area contributed by atoms with Crippen molar-refractivity contribution in [2.24, 2.45) is 0 Å². The standard InChI is InChI=1S/C29H29N3O3/c1-35-25-15-13-24(14-16-25)30-29(34)31-17-18-32-26(19-31)28(27(32)20-33)23-11-9-22(10-12-23)8-7-21-5-3-2-4-6-21/h2-6,9-16,26-28,33H,17-20H2,1H3,(H,30,34)/t26-,27+,28+/m0/s1. The fraction of sp³-hybridized carbons (Fsp3) is 0.276. The Bertz CT molecular complexity index is 1220. The van der Waals surface area contributed by atoms with Gasteiger partial charge in [0.25, 0.3) is 0 Å². The molecule has 0 radical (unpaired) electrons. The number of urea groups is 1. The van der Waals surface area contributed by atoms with Gasteiger partial charge in [0, 0.05) is 54.5 Å². The summed E-state index contributed by atoms with van der Waals surface area (Å²) in [4.78, 5) is 17.1. The number of piperazine rings is 1. The highest BCUT2D eigenvalue weighted by molar-refractivity contribution is 5.89. The average molecular weight is 468 g/mol. The van der Waals surface area contributed by atoms with E-state index in [1.807, 2.05) is 71.6 Å². The third-order valence-corrected chi connectivity index (χ3v) is 6.95. The van der Waals surface area contributed by atoms with Gasteiger partial charge in [-0.15, -0.1) is 0 Å². The summed E-state index contributed by atoms with van der Waals surface area (Å²) in [6.45, 7) is 2.12. The van der Waals surface area contributed by atoms with Crippen LogP contribution in [0.4, 0.5) is 10.5 Å². The van der Waals surface area contributed by atoms with Crippen LogP contribution in [0.2, 0.25) is 0 Å². The molecule has 2 aliphatic heterocycles. The Kier molecular flexibility index (Phi) is 6.71. The minimum Gasteiger partial charge on any atom is -0.497 e. The van der Waals surface area contributed by atoms with Gasteiger partial charge in [0.15, 0.2) is 0 Å². The fourth-order valence-electron chi connectivity index (χ4n) is 5.10. The number of aliphatic hydroxyl groups is 1. The molecule has 6 heteroatoms. The van der Waals surface area contributed by atoms with E-state index in [4.69, 9.17) is 4.74 Å². The lowest BCUT2D eigenvalue weighted by molar-refractivity contribution is -0.0767. The highest BCUT2D eigenvalue weighted by atomic mass is 16.5. The SMILES string of the molecule is COc1ccc(NC(=O)N2CCN3[C@H](CO)[C@H](c4ccc(C#Cc5ccccc5)cc4)[C@@H]3C2)cc1. The summed E-state index contributed by atoms with van der Waals surface area (Å²) in [6, 6.07) is 25.7. The molecule has 0 spiro atoms. The zero-order chi connectivity index (χ0) is 24.2. The van der Waals surface area contributed by atoms with Crippen molar-refractivity contribution in [1.82, 2.24) is 9.80 Å². The molecule has 5 rings (SSSR count). The number of methoxy groups -OCH3 is 1. The maximum Gasteiger partial charge on any atom is 0.321 e. The van der Waals surface area contributed by atoms with Crippen LogP contribution in [0.5, 0.6) is 5.75 Å². The Balaban J connectivity index is 1.26. The number of hydrogen-bond donors (Lipinski definition) is 2. The van der Waals surface area contributed by atoms with Crippen LogP contribution in [-0.2, 0) is 0 Å². The highest BCUT2D eigenvalue weighted by Gasteiger charge is 2.51. The molecule has 2 heterocycles. The van der Waals surface area contributed by atoms with Gasteiger partial charge in [-0.25, -0.2) is 4.79 Å². The van der Waals surface area contributed by atoms with Gasteiger partial charge in [-0.1, -0.05) is 42.2 Å². The van der Waals surface area contributed by atoms with Gasteiger partial charge in [-0.3, -0.25) is 4.90 Å². The van der Waals surface area contributed by atoms with Crippen molar-refractivity contribution in [1.29, 1.82) is 0 Å². The Morgan fingerprint density at radius 1 is 0.971 bits per heavy atom. The first-order chi connectivity index (χ1) is 17.2. The predicted molar refractivity (Wildman–Crippen MR) is 137 cm³/mol. The number of hydrogen-bond acceptors (Lipinski definition) is 4. The number of anilines is 1. The minimum absolute atomic E-state index is 0.0769. The Hall–Kier alpha value is -3.79. The molecule has 2 saturated heterocycles. The Morgan fingerprint density at radius 3 is 2.31 bits per heavy atom. The average Bonchev–Trinajstić information content (AvgIpc) is 2.90. The van der Waals surface area contributed by atoms with Crippen molar-refractivity contribution >= 4 is 11.7 Å². The highest BCUT2D eigenvalue weighted by Crippen LogP contribution is 2.42. The largest absolute Gasteiger partial charge is 0.497 e. The summed E-state index contributed by atoms with van der Waals surface area (Å²) in [5, 5.41) is 13.1. The summed E-state index contributed by atoms with van der Waals surface area (Å²) in [7, 11) is 1.62. The number of ether oxygens (including phenoxy) is 1. The van der Waals surface area contributed by atoms with E-state index in [-0.39, 0.29) is 30.6 Å². The number of carbonyl (C=O) groups excluding carboxylic acids is 1. The number of carbonyl (C=O) groups is 1. The minimum atomic E-state index is -0.104. The molecule has 0 saturated carbocycles. The van der Waals surface area contributed by atoms with E-state index in [9.17, 15) is 9.90 Å². The van der Waals surface area contributed by atoms with E-state index in [1.54, 1.807) is 7.11 Å². The molecule has 0 bridgehead atoms. The van der Waals surface area contributed by atoms with E-state index in [0.717, 1.165) is 29.1 Å². The molecule has 3 aromatic carbocycles. The molecule has 0 unspecified atom stereocenters. The van der Waals surface area contributed by atoms with Crippen LogP contribution in [0.15, 0.2) is 78.9 Å². The molecule has 6 nitrogen and oxygen atoms in total. The monoisotopic (exact) mass is 467 g/mol. The number of fused-ring (bicyclic) bond motifs is 1. The van der Waals surface area contributed by atoms with Crippen LogP contribution in [0.3, 0.4) is 0 Å². The fourth-order valence-corrected chi connectivity index (χ4v) is 5.10. The number of nitrogens with zero attached hydrogens (tertiary/aromatic N) is 2. The first kappa shape index (κ1) is 23.0. The lowest BCUT2D eigenvalue weighted by Crippen LogP contribution is -2.71. The second kappa shape index (κ2) is 10.2. The number of rotatable bonds is 4. The maximum absolute atomic E-state index is 12.9. The number of amides is 2. The quantitative estimate of drug-likeness (QED) is 0.574. The van der Waals surface area contributed by atoms with E-state index in [2.05, 4.69) is 34.2 Å². The van der Waals surface area contributed by atoms with Crippen molar-refractivity contribution in [3.8, 4) is 17.6 Å². The smallest absolute Gasteiger partial charge is 0.321 e. The lowest BCUT2D eigenvalue weighted by atomic mass is 9.74. The molecular formula is C29H29N3O3. The van der Waals surface area contributed by atoms with Crippen molar-refractivity contribution in [2.45, 2.75) is 18.0 Å². The second-order valence-electron chi connectivity index (χ2n) is 8.92. The van der Waals surface area contributed by atoms with Crippen LogP contribution in [-0.4, -0.2) is 66.4 Å². The van der Waals surface area contributed by atoms with Crippen LogP contribution in [0.25, 0.3) is 0 Å². The molecule has 178 valence electrons. The van der Waals surface area contributed by atoms with Gasteiger partial charge in [-0.2, -0.15) is 0 Å². The van der Waals surface area contributed by atoms with Gasteiger partial charge < -0.3 is 20.1 Å². The topological polar surface area (TPSA) is 65.0 Å². The summed E-state index contributed by atoms with van der Waals surface area (Å²) >= 11 is 0. The van der Waals surface area contributed by atoms with Crippen molar-refractivity contribution in [3.63, 3.8) is 0 Å². The van der Waals surface area contributed by atoms with Crippen LogP contribution in [0, 0.1) is 11.8 Å². The van der Waals surface area contributed by atoms with E-state index < -0.39 is 0 Å².